The monoisotopic (exact) mass is 265 g/mol. The third-order valence-electron chi connectivity index (χ3n) is 2.27. The van der Waals surface area contributed by atoms with Crippen molar-refractivity contribution >= 4 is 12.0 Å². The zero-order chi connectivity index (χ0) is 14.5. The van der Waals surface area contributed by atoms with E-state index in [1.807, 2.05) is 6.07 Å². The van der Waals surface area contributed by atoms with E-state index in [4.69, 9.17) is 14.9 Å². The number of rotatable bonds is 6. The fourth-order valence-electron chi connectivity index (χ4n) is 1.40. The average Bonchev–Trinajstić information content (AvgIpc) is 2.38. The van der Waals surface area contributed by atoms with Gasteiger partial charge in [0.1, 0.15) is 5.75 Å². The minimum absolute atomic E-state index is 0.0644. The number of hydrogen-bond donors (Lipinski definition) is 2. The smallest absolute Gasteiger partial charge is 0.313 e. The molecule has 5 heteroatoms. The molecule has 0 bridgehead atoms. The molecular weight excluding hydrogens is 246 g/mol. The lowest BCUT2D eigenvalue weighted by Gasteiger charge is -2.09. The molecule has 19 heavy (non-hydrogen) atoms. The molecule has 0 aliphatic carbocycles. The van der Waals surface area contributed by atoms with Crippen LogP contribution in [0.3, 0.4) is 0 Å². The largest absolute Gasteiger partial charge is 0.426 e. The number of ether oxygens (including phenoxy) is 1. The van der Waals surface area contributed by atoms with Gasteiger partial charge < -0.3 is 9.84 Å². The normalized spacial score (nSPS) is 10.6. The number of aliphatic hydroxyl groups is 1. The highest BCUT2D eigenvalue weighted by Crippen LogP contribution is 2.11. The molecule has 5 nitrogen and oxygen atoms in total. The molecule has 2 N–H and O–H groups in total. The maximum atomic E-state index is 11.4. The van der Waals surface area contributed by atoms with Gasteiger partial charge in [0.25, 0.3) is 0 Å². The maximum Gasteiger partial charge on any atom is 0.313 e. The molecule has 0 saturated carbocycles. The standard InChI is InChI=1S/C13H18O3.CHNO/c1-2-3-7-11(14)10-13(15)16-12-8-5-4-6-9-12;2-1-3/h4-6,8-9,11,14H,2-3,7,10H2,1H3;2H. The highest BCUT2D eigenvalue weighted by Gasteiger charge is 2.11. The van der Waals surface area contributed by atoms with Crippen LogP contribution in [0.2, 0.25) is 0 Å². The van der Waals surface area contributed by atoms with Gasteiger partial charge >= 0.3 is 5.97 Å². The lowest BCUT2D eigenvalue weighted by atomic mass is 10.1. The van der Waals surface area contributed by atoms with Gasteiger partial charge in [0.05, 0.1) is 12.5 Å². The average molecular weight is 265 g/mol. The van der Waals surface area contributed by atoms with Crippen molar-refractivity contribution in [2.45, 2.75) is 38.7 Å². The summed E-state index contributed by atoms with van der Waals surface area (Å²) < 4.78 is 5.07. The molecule has 0 spiro atoms. The Balaban J connectivity index is 0.000000982. The van der Waals surface area contributed by atoms with Gasteiger partial charge in [0.2, 0.25) is 6.08 Å². The number of hydrogen-bond acceptors (Lipinski definition) is 5. The third kappa shape index (κ3) is 9.71. The van der Waals surface area contributed by atoms with Crippen LogP contribution >= 0.6 is 0 Å². The summed E-state index contributed by atoms with van der Waals surface area (Å²) in [7, 11) is 0. The number of esters is 1. The van der Waals surface area contributed by atoms with E-state index in [0.717, 1.165) is 18.9 Å². The topological polar surface area (TPSA) is 87.4 Å². The first kappa shape index (κ1) is 17.0. The summed E-state index contributed by atoms with van der Waals surface area (Å²) in [6.07, 6.45) is 2.83. The molecule has 0 aliphatic heterocycles. The number of para-hydroxylation sites is 1. The predicted octanol–water partition coefficient (Wildman–Crippen LogP) is 2.43. The van der Waals surface area contributed by atoms with Gasteiger partial charge in [-0.05, 0) is 18.6 Å². The second-order valence-corrected chi connectivity index (χ2v) is 3.89. The molecular formula is C14H19NO4. The third-order valence-corrected chi connectivity index (χ3v) is 2.27. The molecule has 1 unspecified atom stereocenters. The number of nitrogens with one attached hydrogen (secondary N) is 1. The van der Waals surface area contributed by atoms with Crippen molar-refractivity contribution in [1.29, 1.82) is 5.41 Å². The highest BCUT2D eigenvalue weighted by molar-refractivity contribution is 5.72. The van der Waals surface area contributed by atoms with Crippen LogP contribution in [0.1, 0.15) is 32.6 Å². The Morgan fingerprint density at radius 2 is 2.00 bits per heavy atom. The molecule has 0 fully saturated rings. The van der Waals surface area contributed by atoms with Crippen molar-refractivity contribution in [3.63, 3.8) is 0 Å². The van der Waals surface area contributed by atoms with Crippen LogP contribution in [-0.4, -0.2) is 23.3 Å². The van der Waals surface area contributed by atoms with E-state index in [2.05, 4.69) is 6.92 Å². The van der Waals surface area contributed by atoms with E-state index >= 15 is 0 Å². The Hall–Kier alpha value is -1.97. The first-order valence-corrected chi connectivity index (χ1v) is 6.11. The van der Waals surface area contributed by atoms with Crippen LogP contribution in [0.4, 0.5) is 0 Å². The van der Waals surface area contributed by atoms with Crippen molar-refractivity contribution < 1.29 is 19.4 Å². The first-order valence-electron chi connectivity index (χ1n) is 6.11. The lowest BCUT2D eigenvalue weighted by Crippen LogP contribution is -2.17. The molecule has 0 saturated heterocycles. The zero-order valence-corrected chi connectivity index (χ0v) is 11.0. The zero-order valence-electron chi connectivity index (χ0n) is 11.0. The molecule has 1 aromatic rings. The molecule has 1 atom stereocenters. The molecule has 0 aliphatic rings. The van der Waals surface area contributed by atoms with Crippen LogP contribution in [-0.2, 0) is 9.59 Å². The van der Waals surface area contributed by atoms with E-state index in [-0.39, 0.29) is 12.4 Å². The van der Waals surface area contributed by atoms with Crippen molar-refractivity contribution in [3.05, 3.63) is 30.3 Å². The van der Waals surface area contributed by atoms with E-state index < -0.39 is 6.10 Å². The van der Waals surface area contributed by atoms with Crippen molar-refractivity contribution in [1.82, 2.24) is 0 Å². The Bertz CT molecular complexity index is 386. The molecule has 1 rings (SSSR count). The van der Waals surface area contributed by atoms with Crippen LogP contribution in [0.15, 0.2) is 30.3 Å². The number of aliphatic hydroxyl groups excluding tert-OH is 1. The molecule has 0 heterocycles. The Morgan fingerprint density at radius 3 is 2.53 bits per heavy atom. The highest BCUT2D eigenvalue weighted by atomic mass is 16.5. The van der Waals surface area contributed by atoms with Crippen LogP contribution in [0, 0.1) is 5.41 Å². The molecule has 0 radical (unpaired) electrons. The van der Waals surface area contributed by atoms with E-state index in [0.29, 0.717) is 12.2 Å². The van der Waals surface area contributed by atoms with E-state index in [9.17, 15) is 9.90 Å². The predicted molar refractivity (Wildman–Crippen MR) is 70.6 cm³/mol. The van der Waals surface area contributed by atoms with Gasteiger partial charge in [-0.2, -0.15) is 0 Å². The van der Waals surface area contributed by atoms with E-state index in [1.54, 1.807) is 24.3 Å². The summed E-state index contributed by atoms with van der Waals surface area (Å²) >= 11 is 0. The van der Waals surface area contributed by atoms with Crippen molar-refractivity contribution in [2.24, 2.45) is 0 Å². The summed E-state index contributed by atoms with van der Waals surface area (Å²) in [6, 6.07) is 8.90. The molecule has 1 aromatic carbocycles. The number of carbonyl (C=O) groups is 1. The molecule has 0 aromatic heterocycles. The molecule has 0 amide bonds. The Labute approximate surface area is 112 Å². The first-order chi connectivity index (χ1) is 9.13. The number of unbranched alkanes of at least 4 members (excludes halogenated alkanes) is 1. The number of benzene rings is 1. The maximum absolute atomic E-state index is 11.4. The molecule has 104 valence electrons. The Morgan fingerprint density at radius 1 is 1.42 bits per heavy atom. The minimum Gasteiger partial charge on any atom is -0.426 e. The number of isocyanates is 1. The summed E-state index contributed by atoms with van der Waals surface area (Å²) in [5.74, 6) is 0.144. The second-order valence-electron chi connectivity index (χ2n) is 3.89. The fraction of sp³-hybridized carbons (Fsp3) is 0.429. The van der Waals surface area contributed by atoms with Crippen molar-refractivity contribution in [2.75, 3.05) is 0 Å². The lowest BCUT2D eigenvalue weighted by molar-refractivity contribution is -0.136. The number of carbonyl (C=O) groups excluding carboxylic acids is 2. The van der Waals surface area contributed by atoms with Gasteiger partial charge in [-0.25, -0.2) is 10.2 Å². The second kappa shape index (κ2) is 11.1. The SMILES string of the molecule is CCCCC(O)CC(=O)Oc1ccccc1.N=C=O. The van der Waals surface area contributed by atoms with E-state index in [1.165, 1.54) is 0 Å². The van der Waals surface area contributed by atoms with Crippen molar-refractivity contribution in [3.8, 4) is 5.75 Å². The van der Waals surface area contributed by atoms with Gasteiger partial charge in [-0.3, -0.25) is 4.79 Å². The Kier molecular flexibility index (Phi) is 9.98. The minimum atomic E-state index is -0.587. The van der Waals surface area contributed by atoms with Gasteiger partial charge in [0, 0.05) is 0 Å². The van der Waals surface area contributed by atoms with Crippen LogP contribution in [0.25, 0.3) is 0 Å². The van der Waals surface area contributed by atoms with Crippen LogP contribution < -0.4 is 4.74 Å². The fourth-order valence-corrected chi connectivity index (χ4v) is 1.40. The quantitative estimate of drug-likeness (QED) is 0.358. The van der Waals surface area contributed by atoms with Gasteiger partial charge in [-0.15, -0.1) is 0 Å². The summed E-state index contributed by atoms with van der Waals surface area (Å²) in [5.41, 5.74) is 0. The van der Waals surface area contributed by atoms with Gasteiger partial charge in [-0.1, -0.05) is 38.0 Å². The summed E-state index contributed by atoms with van der Waals surface area (Å²) in [6.45, 7) is 2.05. The van der Waals surface area contributed by atoms with Gasteiger partial charge in [0.15, 0.2) is 0 Å². The van der Waals surface area contributed by atoms with Crippen LogP contribution in [0.5, 0.6) is 5.75 Å². The summed E-state index contributed by atoms with van der Waals surface area (Å²) in [4.78, 5) is 19.8. The summed E-state index contributed by atoms with van der Waals surface area (Å²) in [5, 5.41) is 14.9.